The number of benzene rings is 1. The Balaban J connectivity index is 1.24. The maximum Gasteiger partial charge on any atom is 0.341 e. The van der Waals surface area contributed by atoms with Gasteiger partial charge in [-0.1, -0.05) is 0 Å². The van der Waals surface area contributed by atoms with Crippen molar-refractivity contribution in [3.63, 3.8) is 0 Å². The lowest BCUT2D eigenvalue weighted by Crippen LogP contribution is -2.58. The van der Waals surface area contributed by atoms with Crippen LogP contribution in [0.2, 0.25) is 0 Å². The first-order valence-corrected chi connectivity index (χ1v) is 10.3. The molecule has 1 aromatic carbocycles. The normalized spacial score (nSPS) is 18.0. The lowest BCUT2D eigenvalue weighted by Gasteiger charge is -2.41. The second-order valence-corrected chi connectivity index (χ2v) is 7.86. The molecule has 1 fully saturated rings. The molecular weight excluding hydrogens is 437 g/mol. The van der Waals surface area contributed by atoms with Crippen molar-refractivity contribution in [2.24, 2.45) is 12.1 Å². The molecule has 0 aliphatic carbocycles. The topological polar surface area (TPSA) is 75.8 Å². The van der Waals surface area contributed by atoms with Gasteiger partial charge in [0.15, 0.2) is 11.6 Å². The zero-order valence-corrected chi connectivity index (χ0v) is 17.5. The van der Waals surface area contributed by atoms with Crippen molar-refractivity contribution in [3.05, 3.63) is 65.7 Å². The number of carbonyl (C=O) groups is 1. The van der Waals surface area contributed by atoms with Crippen molar-refractivity contribution >= 4 is 12.2 Å². The lowest BCUT2D eigenvalue weighted by molar-refractivity contribution is 0.0256. The van der Waals surface area contributed by atoms with Crippen LogP contribution in [0.1, 0.15) is 18.0 Å². The van der Waals surface area contributed by atoms with E-state index in [-0.39, 0.29) is 18.8 Å². The van der Waals surface area contributed by atoms with Gasteiger partial charge < -0.3 is 9.64 Å². The average molecular weight is 456 g/mol. The fraction of sp³-hybridized carbons (Fsp3) is 0.273. The van der Waals surface area contributed by atoms with E-state index in [1.807, 2.05) is 0 Å². The molecule has 2 amide bonds. The van der Waals surface area contributed by atoms with Crippen LogP contribution >= 0.6 is 0 Å². The van der Waals surface area contributed by atoms with E-state index in [9.17, 15) is 18.0 Å². The summed E-state index contributed by atoms with van der Waals surface area (Å²) < 4.78 is 48.9. The number of ether oxygens (including phenoxy) is 1. The number of hydrogen-bond acceptors (Lipinski definition) is 5. The second kappa shape index (κ2) is 8.23. The molecule has 2 aliphatic rings. The van der Waals surface area contributed by atoms with Crippen molar-refractivity contribution in [2.75, 3.05) is 13.1 Å². The molecule has 170 valence electrons. The van der Waals surface area contributed by atoms with Crippen molar-refractivity contribution in [1.82, 2.24) is 24.7 Å². The first-order chi connectivity index (χ1) is 15.9. The summed E-state index contributed by atoms with van der Waals surface area (Å²) >= 11 is 0. The number of carbonyl (C=O) groups excluding carboxylic acids is 1. The quantitative estimate of drug-likeness (QED) is 0.602. The molecule has 1 atom stereocenters. The van der Waals surface area contributed by atoms with Gasteiger partial charge in [0.25, 0.3) is 0 Å². The molecule has 0 bridgehead atoms. The zero-order valence-electron chi connectivity index (χ0n) is 17.5. The first kappa shape index (κ1) is 21.0. The van der Waals surface area contributed by atoms with Gasteiger partial charge in [-0.15, -0.1) is 0 Å². The molecule has 4 heterocycles. The Hall–Kier alpha value is -3.89. The van der Waals surface area contributed by atoms with E-state index >= 15 is 0 Å². The minimum absolute atomic E-state index is 0.0330. The molecule has 11 heteroatoms. The number of aromatic nitrogens is 3. The maximum absolute atomic E-state index is 14.3. The molecule has 5 rings (SSSR count). The molecule has 33 heavy (non-hydrogen) atoms. The average Bonchev–Trinajstić information content (AvgIpc) is 3.39. The van der Waals surface area contributed by atoms with E-state index < -0.39 is 35.6 Å². The molecule has 0 spiro atoms. The number of halogens is 3. The minimum atomic E-state index is -0.716. The van der Waals surface area contributed by atoms with Crippen molar-refractivity contribution in [2.45, 2.75) is 18.6 Å². The molecule has 8 nitrogen and oxygen atoms in total. The van der Waals surface area contributed by atoms with Gasteiger partial charge in [-0.25, -0.2) is 23.0 Å². The number of rotatable bonds is 4. The molecule has 1 saturated heterocycles. The van der Waals surface area contributed by atoms with Gasteiger partial charge in [0.1, 0.15) is 17.7 Å². The van der Waals surface area contributed by atoms with Crippen LogP contribution in [-0.4, -0.2) is 56.1 Å². The largest absolute Gasteiger partial charge is 0.483 e. The molecule has 0 radical (unpaired) electrons. The van der Waals surface area contributed by atoms with Crippen LogP contribution < -0.4 is 4.74 Å². The van der Waals surface area contributed by atoms with Gasteiger partial charge in [0, 0.05) is 38.0 Å². The highest BCUT2D eigenvalue weighted by atomic mass is 19.1. The predicted molar refractivity (Wildman–Crippen MR) is 112 cm³/mol. The smallest absolute Gasteiger partial charge is 0.341 e. The highest BCUT2D eigenvalue weighted by Crippen LogP contribution is 2.32. The Morgan fingerprint density at radius 3 is 2.58 bits per heavy atom. The second-order valence-electron chi connectivity index (χ2n) is 7.86. The van der Waals surface area contributed by atoms with Gasteiger partial charge in [-0.3, -0.25) is 9.67 Å². The third-order valence-corrected chi connectivity index (χ3v) is 5.61. The summed E-state index contributed by atoms with van der Waals surface area (Å²) in [7, 11) is 1.75. The Morgan fingerprint density at radius 1 is 1.12 bits per heavy atom. The molecule has 0 saturated carbocycles. The summed E-state index contributed by atoms with van der Waals surface area (Å²) in [4.78, 5) is 18.5. The number of amides is 2. The molecular formula is C22H19F3N6O2. The van der Waals surface area contributed by atoms with Gasteiger partial charge in [-0.2, -0.15) is 10.2 Å². The van der Waals surface area contributed by atoms with E-state index in [1.54, 1.807) is 24.0 Å². The maximum atomic E-state index is 14.3. The summed E-state index contributed by atoms with van der Waals surface area (Å²) in [5.41, 5.74) is 1.54. The van der Waals surface area contributed by atoms with Crippen molar-refractivity contribution in [3.8, 4) is 17.1 Å². The highest BCUT2D eigenvalue weighted by molar-refractivity contribution is 5.79. The van der Waals surface area contributed by atoms with Gasteiger partial charge in [0.05, 0.1) is 36.7 Å². The number of pyridine rings is 1. The van der Waals surface area contributed by atoms with Crippen LogP contribution in [0, 0.1) is 17.5 Å². The van der Waals surface area contributed by atoms with E-state index in [0.29, 0.717) is 23.4 Å². The monoisotopic (exact) mass is 456 g/mol. The summed E-state index contributed by atoms with van der Waals surface area (Å²) in [6, 6.07) is 5.40. The van der Waals surface area contributed by atoms with Crippen LogP contribution in [-0.2, 0) is 7.05 Å². The summed E-state index contributed by atoms with van der Waals surface area (Å²) in [6.45, 7) is 0.440. The van der Waals surface area contributed by atoms with Crippen LogP contribution in [0.5, 0.6) is 5.75 Å². The number of hydrogen-bond donors (Lipinski definition) is 0. The van der Waals surface area contributed by atoms with Crippen LogP contribution in [0.25, 0.3) is 11.4 Å². The van der Waals surface area contributed by atoms with Crippen molar-refractivity contribution in [1.29, 1.82) is 0 Å². The van der Waals surface area contributed by atoms with E-state index in [1.165, 1.54) is 34.3 Å². The van der Waals surface area contributed by atoms with Crippen molar-refractivity contribution < 1.29 is 22.7 Å². The fourth-order valence-electron chi connectivity index (χ4n) is 3.91. The Morgan fingerprint density at radius 2 is 1.88 bits per heavy atom. The standard InChI is InChI=1S/C22H19F3N6O2/c1-29-20(3-4-27-29)18-9-21(17(25)10-26-18)33-16-11-30(12-16)22(32)31-19(2-5-28-31)13-6-14(23)8-15(24)7-13/h3-10,16,19H,2,11-12H2,1H3/t19-/m0/s1. The third-order valence-electron chi connectivity index (χ3n) is 5.61. The minimum Gasteiger partial charge on any atom is -0.483 e. The predicted octanol–water partition coefficient (Wildman–Crippen LogP) is 3.52. The highest BCUT2D eigenvalue weighted by Gasteiger charge is 2.39. The van der Waals surface area contributed by atoms with E-state index in [2.05, 4.69) is 15.2 Å². The lowest BCUT2D eigenvalue weighted by atomic mass is 10.0. The Bertz CT molecular complexity index is 1220. The number of likely N-dealkylation sites (tertiary alicyclic amines) is 1. The molecule has 2 aromatic heterocycles. The number of urea groups is 1. The van der Waals surface area contributed by atoms with Gasteiger partial charge in [0.2, 0.25) is 0 Å². The molecule has 0 unspecified atom stereocenters. The van der Waals surface area contributed by atoms with Gasteiger partial charge in [-0.05, 0) is 23.8 Å². The Kier molecular flexibility index (Phi) is 5.23. The molecule has 0 N–H and O–H groups in total. The van der Waals surface area contributed by atoms with Gasteiger partial charge >= 0.3 is 6.03 Å². The zero-order chi connectivity index (χ0) is 23.1. The Labute approximate surface area is 186 Å². The summed E-state index contributed by atoms with van der Waals surface area (Å²) in [5.74, 6) is -2.01. The number of hydrazone groups is 1. The van der Waals surface area contributed by atoms with E-state index in [4.69, 9.17) is 4.74 Å². The summed E-state index contributed by atoms with van der Waals surface area (Å²) in [6.07, 6.45) is 4.16. The third kappa shape index (κ3) is 4.01. The van der Waals surface area contributed by atoms with E-state index in [0.717, 1.165) is 12.3 Å². The number of nitrogens with zero attached hydrogens (tertiary/aromatic N) is 6. The SMILES string of the molecule is Cn1nccc1-c1cc(OC2CN(C(=O)N3N=CC[C@H]3c3cc(F)cc(F)c3)C2)c(F)cn1. The molecule has 2 aliphatic heterocycles. The van der Waals surface area contributed by atoms with Crippen LogP contribution in [0.4, 0.5) is 18.0 Å². The fourth-order valence-corrected chi connectivity index (χ4v) is 3.91. The molecule has 3 aromatic rings. The first-order valence-electron chi connectivity index (χ1n) is 10.3. The summed E-state index contributed by atoms with van der Waals surface area (Å²) in [5, 5.41) is 9.37. The van der Waals surface area contributed by atoms with Crippen LogP contribution in [0.15, 0.2) is 47.8 Å². The van der Waals surface area contributed by atoms with Crippen LogP contribution in [0.3, 0.4) is 0 Å². The number of aryl methyl sites for hydroxylation is 1.